The van der Waals surface area contributed by atoms with Crippen molar-refractivity contribution in [3.05, 3.63) is 0 Å². The third kappa shape index (κ3) is 5.98. The fourth-order valence-electron chi connectivity index (χ4n) is 2.31. The van der Waals surface area contributed by atoms with Gasteiger partial charge < -0.3 is 20.3 Å². The molecular formula is C13H27N3OS. The minimum Gasteiger partial charge on any atom is -0.382 e. The van der Waals surface area contributed by atoms with E-state index >= 15 is 0 Å². The van der Waals surface area contributed by atoms with Gasteiger partial charge in [0, 0.05) is 32.3 Å². The highest BCUT2D eigenvalue weighted by Gasteiger charge is 2.24. The molecule has 1 saturated heterocycles. The molecule has 0 aliphatic carbocycles. The van der Waals surface area contributed by atoms with Crippen LogP contribution in [0.3, 0.4) is 0 Å². The zero-order valence-corrected chi connectivity index (χ0v) is 12.7. The van der Waals surface area contributed by atoms with E-state index in [4.69, 9.17) is 17.0 Å². The van der Waals surface area contributed by atoms with Crippen LogP contribution < -0.4 is 10.6 Å². The number of ether oxygens (including phenoxy) is 1. The van der Waals surface area contributed by atoms with E-state index in [9.17, 15) is 0 Å². The van der Waals surface area contributed by atoms with Gasteiger partial charge in [0.05, 0.1) is 0 Å². The molecule has 0 aromatic heterocycles. The Balaban J connectivity index is 2.12. The van der Waals surface area contributed by atoms with Crippen LogP contribution in [-0.4, -0.2) is 55.9 Å². The maximum absolute atomic E-state index is 5.32. The Morgan fingerprint density at radius 1 is 1.50 bits per heavy atom. The van der Waals surface area contributed by atoms with E-state index in [1.54, 1.807) is 0 Å². The molecule has 0 bridgehead atoms. The lowest BCUT2D eigenvalue weighted by atomic mass is 9.94. The summed E-state index contributed by atoms with van der Waals surface area (Å²) >= 11 is 5.32. The van der Waals surface area contributed by atoms with E-state index in [0.29, 0.717) is 12.0 Å². The van der Waals surface area contributed by atoms with Crippen molar-refractivity contribution in [3.63, 3.8) is 0 Å². The van der Waals surface area contributed by atoms with Crippen molar-refractivity contribution in [1.82, 2.24) is 15.5 Å². The number of piperidine rings is 1. The normalized spacial score (nSPS) is 24.8. The van der Waals surface area contributed by atoms with Crippen LogP contribution in [0, 0.1) is 5.92 Å². The molecule has 1 fully saturated rings. The van der Waals surface area contributed by atoms with E-state index in [0.717, 1.165) is 44.4 Å². The molecule has 5 heteroatoms. The van der Waals surface area contributed by atoms with E-state index in [-0.39, 0.29) is 0 Å². The first-order valence-electron chi connectivity index (χ1n) is 6.94. The van der Waals surface area contributed by atoms with Gasteiger partial charge in [-0.3, -0.25) is 0 Å². The molecule has 0 aromatic carbocycles. The van der Waals surface area contributed by atoms with Crippen molar-refractivity contribution < 1.29 is 4.74 Å². The number of rotatable bonds is 6. The Morgan fingerprint density at radius 2 is 2.28 bits per heavy atom. The first-order valence-corrected chi connectivity index (χ1v) is 7.35. The molecule has 1 heterocycles. The molecule has 0 amide bonds. The number of likely N-dealkylation sites (tertiary alicyclic amines) is 1. The van der Waals surface area contributed by atoms with Crippen molar-refractivity contribution in [2.45, 2.75) is 32.7 Å². The number of nitrogens with zero attached hydrogens (tertiary/aromatic N) is 1. The summed E-state index contributed by atoms with van der Waals surface area (Å²) in [7, 11) is 2.18. The van der Waals surface area contributed by atoms with Crippen LogP contribution in [0.25, 0.3) is 0 Å². The summed E-state index contributed by atoms with van der Waals surface area (Å²) < 4.78 is 5.28. The first kappa shape index (κ1) is 15.7. The molecule has 2 atom stereocenters. The zero-order valence-electron chi connectivity index (χ0n) is 11.9. The fraction of sp³-hybridized carbons (Fsp3) is 0.923. The minimum atomic E-state index is 0.507. The largest absolute Gasteiger partial charge is 0.382 e. The zero-order chi connectivity index (χ0) is 13.4. The van der Waals surface area contributed by atoms with Crippen LogP contribution in [0.5, 0.6) is 0 Å². The molecule has 2 unspecified atom stereocenters. The highest BCUT2D eigenvalue weighted by molar-refractivity contribution is 7.80. The lowest BCUT2D eigenvalue weighted by Gasteiger charge is -2.35. The Kier molecular flexibility index (Phi) is 7.54. The van der Waals surface area contributed by atoms with Crippen molar-refractivity contribution in [2.75, 3.05) is 39.9 Å². The predicted octanol–water partition coefficient (Wildman–Crippen LogP) is 1.22. The van der Waals surface area contributed by atoms with Gasteiger partial charge in [0.2, 0.25) is 0 Å². The number of hydrogen-bond acceptors (Lipinski definition) is 3. The first-order chi connectivity index (χ1) is 8.63. The molecule has 18 heavy (non-hydrogen) atoms. The minimum absolute atomic E-state index is 0.507. The predicted molar refractivity (Wildman–Crippen MR) is 79.9 cm³/mol. The summed E-state index contributed by atoms with van der Waals surface area (Å²) in [5.74, 6) is 0.645. The number of nitrogens with one attached hydrogen (secondary N) is 2. The van der Waals surface area contributed by atoms with Crippen LogP contribution in [0.4, 0.5) is 0 Å². The number of thiocarbonyl (C=S) groups is 1. The second kappa shape index (κ2) is 8.67. The van der Waals surface area contributed by atoms with Gasteiger partial charge in [-0.2, -0.15) is 0 Å². The summed E-state index contributed by atoms with van der Waals surface area (Å²) in [5.41, 5.74) is 0. The van der Waals surface area contributed by atoms with Crippen LogP contribution in [-0.2, 0) is 4.74 Å². The molecule has 0 saturated carbocycles. The summed E-state index contributed by atoms with van der Waals surface area (Å²) in [5, 5.41) is 7.47. The van der Waals surface area contributed by atoms with E-state index in [1.165, 1.54) is 6.42 Å². The summed E-state index contributed by atoms with van der Waals surface area (Å²) in [6.07, 6.45) is 2.16. The second-order valence-electron chi connectivity index (χ2n) is 5.09. The van der Waals surface area contributed by atoms with Crippen LogP contribution in [0.15, 0.2) is 0 Å². The molecule has 1 aliphatic rings. The van der Waals surface area contributed by atoms with E-state index in [2.05, 4.69) is 29.5 Å². The lowest BCUT2D eigenvalue weighted by Crippen LogP contribution is -2.51. The Labute approximate surface area is 116 Å². The lowest BCUT2D eigenvalue weighted by molar-refractivity contribution is 0.145. The summed E-state index contributed by atoms with van der Waals surface area (Å²) in [6, 6.07) is 0.507. The van der Waals surface area contributed by atoms with Crippen LogP contribution in [0.1, 0.15) is 26.7 Å². The Bertz CT molecular complexity index is 250. The monoisotopic (exact) mass is 273 g/mol. The van der Waals surface area contributed by atoms with Gasteiger partial charge >= 0.3 is 0 Å². The van der Waals surface area contributed by atoms with E-state index < -0.39 is 0 Å². The van der Waals surface area contributed by atoms with Crippen molar-refractivity contribution in [3.8, 4) is 0 Å². The van der Waals surface area contributed by atoms with Crippen LogP contribution >= 0.6 is 12.2 Å². The molecule has 1 aliphatic heterocycles. The quantitative estimate of drug-likeness (QED) is 0.562. The molecule has 4 nitrogen and oxygen atoms in total. The Morgan fingerprint density at radius 3 is 2.94 bits per heavy atom. The standard InChI is InChI=1S/C13H27N3OS/c1-4-17-9-5-7-14-13(18)15-12-6-8-16(3)10-11(12)2/h11-12H,4-10H2,1-3H3,(H2,14,15,18). The maximum Gasteiger partial charge on any atom is 0.166 e. The molecule has 0 aromatic rings. The number of hydrogen-bond donors (Lipinski definition) is 2. The topological polar surface area (TPSA) is 36.5 Å². The molecule has 2 N–H and O–H groups in total. The van der Waals surface area contributed by atoms with Gasteiger partial charge in [-0.25, -0.2) is 0 Å². The summed E-state index contributed by atoms with van der Waals surface area (Å²) in [6.45, 7) is 9.06. The van der Waals surface area contributed by atoms with Gasteiger partial charge in [0.15, 0.2) is 5.11 Å². The summed E-state index contributed by atoms with van der Waals surface area (Å²) in [4.78, 5) is 2.38. The third-order valence-corrected chi connectivity index (χ3v) is 3.64. The van der Waals surface area contributed by atoms with E-state index in [1.807, 2.05) is 6.92 Å². The van der Waals surface area contributed by atoms with Crippen molar-refractivity contribution >= 4 is 17.3 Å². The highest BCUT2D eigenvalue weighted by Crippen LogP contribution is 2.14. The highest BCUT2D eigenvalue weighted by atomic mass is 32.1. The van der Waals surface area contributed by atoms with Crippen molar-refractivity contribution in [1.29, 1.82) is 0 Å². The van der Waals surface area contributed by atoms with Gasteiger partial charge in [0.25, 0.3) is 0 Å². The van der Waals surface area contributed by atoms with Crippen LogP contribution in [0.2, 0.25) is 0 Å². The fourth-order valence-corrected chi connectivity index (χ4v) is 2.56. The second-order valence-corrected chi connectivity index (χ2v) is 5.49. The average Bonchev–Trinajstić information content (AvgIpc) is 2.32. The maximum atomic E-state index is 5.32. The molecule has 0 spiro atoms. The van der Waals surface area contributed by atoms with Gasteiger partial charge in [-0.15, -0.1) is 0 Å². The van der Waals surface area contributed by atoms with Gasteiger partial charge in [-0.05, 0) is 51.5 Å². The molecule has 1 rings (SSSR count). The van der Waals surface area contributed by atoms with Crippen molar-refractivity contribution in [2.24, 2.45) is 5.92 Å². The molecule has 0 radical (unpaired) electrons. The average molecular weight is 273 g/mol. The molecule has 106 valence electrons. The van der Waals surface area contributed by atoms with Gasteiger partial charge in [0.1, 0.15) is 0 Å². The SMILES string of the molecule is CCOCCCNC(=S)NC1CCN(C)CC1C. The molecular weight excluding hydrogens is 246 g/mol. The Hall–Kier alpha value is -0.390. The third-order valence-electron chi connectivity index (χ3n) is 3.38. The smallest absolute Gasteiger partial charge is 0.166 e. The van der Waals surface area contributed by atoms with Gasteiger partial charge in [-0.1, -0.05) is 6.92 Å².